The number of esters is 1. The van der Waals surface area contributed by atoms with Gasteiger partial charge in [-0.3, -0.25) is 4.79 Å². The third-order valence-electron chi connectivity index (χ3n) is 3.96. The van der Waals surface area contributed by atoms with E-state index in [4.69, 9.17) is 14.3 Å². The summed E-state index contributed by atoms with van der Waals surface area (Å²) in [5.41, 5.74) is 1.76. The predicted molar refractivity (Wildman–Crippen MR) is 95.4 cm³/mol. The summed E-state index contributed by atoms with van der Waals surface area (Å²) in [6.45, 7) is 1.31. The number of benzene rings is 2. The molecule has 0 aliphatic heterocycles. The van der Waals surface area contributed by atoms with E-state index in [0.717, 1.165) is 11.0 Å². The first kappa shape index (κ1) is 17.7. The van der Waals surface area contributed by atoms with Gasteiger partial charge in [0.15, 0.2) is 6.61 Å². The number of nitrogens with one attached hydrogen (secondary N) is 1. The van der Waals surface area contributed by atoms with Crippen LogP contribution in [-0.4, -0.2) is 23.6 Å². The minimum atomic E-state index is -0.596. The standard InChI is InChI=1S/C20H19NO5/c1-13(18-10-16-4-2-3-5-17(16)26-18)21-19(23)12-25-20(24)15-8-6-14(11-22)7-9-15/h2-10,13,22H,11-12H2,1H3,(H,21,23)/t13-/m0/s1. The Morgan fingerprint density at radius 1 is 1.15 bits per heavy atom. The molecule has 0 fully saturated rings. The van der Waals surface area contributed by atoms with Crippen LogP contribution in [-0.2, 0) is 16.1 Å². The van der Waals surface area contributed by atoms with Crippen molar-refractivity contribution in [3.05, 3.63) is 71.5 Å². The lowest BCUT2D eigenvalue weighted by atomic mass is 10.1. The lowest BCUT2D eigenvalue weighted by Gasteiger charge is -2.11. The van der Waals surface area contributed by atoms with Crippen LogP contribution in [0.5, 0.6) is 0 Å². The first-order valence-corrected chi connectivity index (χ1v) is 8.21. The largest absolute Gasteiger partial charge is 0.459 e. The SMILES string of the molecule is C[C@H](NC(=O)COC(=O)c1ccc(CO)cc1)c1cc2ccccc2o1. The van der Waals surface area contributed by atoms with Crippen molar-refractivity contribution < 1.29 is 23.8 Å². The Morgan fingerprint density at radius 3 is 2.58 bits per heavy atom. The number of hydrogen-bond acceptors (Lipinski definition) is 5. The van der Waals surface area contributed by atoms with Gasteiger partial charge in [0.05, 0.1) is 18.2 Å². The minimum Gasteiger partial charge on any atom is -0.459 e. The molecule has 1 heterocycles. The highest BCUT2D eigenvalue weighted by molar-refractivity contribution is 5.91. The number of carbonyl (C=O) groups excluding carboxylic acids is 2. The molecule has 0 radical (unpaired) electrons. The fraction of sp³-hybridized carbons (Fsp3) is 0.200. The Bertz CT molecular complexity index is 880. The van der Waals surface area contributed by atoms with E-state index in [2.05, 4.69) is 5.32 Å². The molecule has 3 rings (SSSR count). The topological polar surface area (TPSA) is 88.8 Å². The maximum Gasteiger partial charge on any atom is 0.338 e. The van der Waals surface area contributed by atoms with E-state index in [9.17, 15) is 9.59 Å². The Labute approximate surface area is 150 Å². The van der Waals surface area contributed by atoms with E-state index in [1.165, 1.54) is 0 Å². The van der Waals surface area contributed by atoms with Gasteiger partial charge in [0.1, 0.15) is 11.3 Å². The molecule has 1 amide bonds. The summed E-state index contributed by atoms with van der Waals surface area (Å²) in [4.78, 5) is 24.0. The zero-order valence-corrected chi connectivity index (χ0v) is 14.3. The van der Waals surface area contributed by atoms with E-state index in [1.54, 1.807) is 31.2 Å². The molecule has 0 aliphatic rings. The first-order valence-electron chi connectivity index (χ1n) is 8.21. The molecule has 0 saturated carbocycles. The van der Waals surface area contributed by atoms with E-state index >= 15 is 0 Å². The number of fused-ring (bicyclic) bond motifs is 1. The zero-order valence-electron chi connectivity index (χ0n) is 14.3. The summed E-state index contributed by atoms with van der Waals surface area (Å²) >= 11 is 0. The van der Waals surface area contributed by atoms with Crippen LogP contribution in [0.2, 0.25) is 0 Å². The molecule has 134 valence electrons. The second-order valence-corrected chi connectivity index (χ2v) is 5.91. The molecule has 6 heteroatoms. The Kier molecular flexibility index (Phi) is 5.34. The molecule has 1 aromatic heterocycles. The average molecular weight is 353 g/mol. The van der Waals surface area contributed by atoms with Crippen molar-refractivity contribution in [3.63, 3.8) is 0 Å². The van der Waals surface area contributed by atoms with Crippen LogP contribution in [0.1, 0.15) is 34.6 Å². The smallest absolute Gasteiger partial charge is 0.338 e. The molecule has 0 bridgehead atoms. The van der Waals surface area contributed by atoms with Gasteiger partial charge in [0.25, 0.3) is 5.91 Å². The van der Waals surface area contributed by atoms with E-state index in [1.807, 2.05) is 30.3 Å². The lowest BCUT2D eigenvalue weighted by Crippen LogP contribution is -2.31. The lowest BCUT2D eigenvalue weighted by molar-refractivity contribution is -0.125. The van der Waals surface area contributed by atoms with Crippen molar-refractivity contribution in [2.75, 3.05) is 6.61 Å². The van der Waals surface area contributed by atoms with Crippen molar-refractivity contribution in [1.29, 1.82) is 0 Å². The van der Waals surface area contributed by atoms with Crippen molar-refractivity contribution in [2.24, 2.45) is 0 Å². The fourth-order valence-corrected chi connectivity index (χ4v) is 2.53. The maximum absolute atomic E-state index is 12.0. The van der Waals surface area contributed by atoms with Gasteiger partial charge in [-0.1, -0.05) is 30.3 Å². The molecule has 6 nitrogen and oxygen atoms in total. The summed E-state index contributed by atoms with van der Waals surface area (Å²) in [6.07, 6.45) is 0. The van der Waals surface area contributed by atoms with Gasteiger partial charge in [0.2, 0.25) is 0 Å². The number of aliphatic hydroxyl groups is 1. The van der Waals surface area contributed by atoms with E-state index < -0.39 is 11.9 Å². The van der Waals surface area contributed by atoms with Gasteiger partial charge in [0, 0.05) is 5.39 Å². The quantitative estimate of drug-likeness (QED) is 0.665. The van der Waals surface area contributed by atoms with Gasteiger partial charge < -0.3 is 19.6 Å². The molecule has 0 unspecified atom stereocenters. The number of ether oxygens (including phenoxy) is 1. The number of carbonyl (C=O) groups is 2. The van der Waals surface area contributed by atoms with Crippen molar-refractivity contribution in [3.8, 4) is 0 Å². The van der Waals surface area contributed by atoms with Crippen molar-refractivity contribution >= 4 is 22.8 Å². The van der Waals surface area contributed by atoms with E-state index in [-0.39, 0.29) is 19.3 Å². The number of hydrogen-bond donors (Lipinski definition) is 2. The first-order chi connectivity index (χ1) is 12.6. The normalized spacial score (nSPS) is 11.9. The third kappa shape index (κ3) is 4.10. The number of aliphatic hydroxyl groups excluding tert-OH is 1. The second-order valence-electron chi connectivity index (χ2n) is 5.91. The summed E-state index contributed by atoms with van der Waals surface area (Å²) < 4.78 is 10.7. The third-order valence-corrected chi connectivity index (χ3v) is 3.96. The van der Waals surface area contributed by atoms with Gasteiger partial charge in [-0.15, -0.1) is 0 Å². The number of rotatable bonds is 6. The Balaban J connectivity index is 1.53. The minimum absolute atomic E-state index is 0.0998. The van der Waals surface area contributed by atoms with Gasteiger partial charge in [-0.05, 0) is 36.8 Å². The van der Waals surface area contributed by atoms with Gasteiger partial charge in [-0.25, -0.2) is 4.79 Å². The molecular formula is C20H19NO5. The molecule has 2 N–H and O–H groups in total. The summed E-state index contributed by atoms with van der Waals surface area (Å²) in [6, 6.07) is 15.4. The van der Waals surface area contributed by atoms with Crippen LogP contribution in [0, 0.1) is 0 Å². The highest BCUT2D eigenvalue weighted by Gasteiger charge is 2.16. The number of furan rings is 1. The van der Waals surface area contributed by atoms with Crippen LogP contribution in [0.4, 0.5) is 0 Å². The van der Waals surface area contributed by atoms with Crippen molar-refractivity contribution in [2.45, 2.75) is 19.6 Å². The highest BCUT2D eigenvalue weighted by atomic mass is 16.5. The van der Waals surface area contributed by atoms with Crippen LogP contribution >= 0.6 is 0 Å². The highest BCUT2D eigenvalue weighted by Crippen LogP contribution is 2.23. The summed E-state index contributed by atoms with van der Waals surface area (Å²) in [5.74, 6) is -0.384. The molecule has 0 spiro atoms. The fourth-order valence-electron chi connectivity index (χ4n) is 2.53. The molecule has 3 aromatic rings. The molecule has 0 aliphatic carbocycles. The van der Waals surface area contributed by atoms with E-state index in [0.29, 0.717) is 16.9 Å². The van der Waals surface area contributed by atoms with Crippen LogP contribution in [0.3, 0.4) is 0 Å². The van der Waals surface area contributed by atoms with Crippen molar-refractivity contribution in [1.82, 2.24) is 5.32 Å². The van der Waals surface area contributed by atoms with Crippen LogP contribution in [0.25, 0.3) is 11.0 Å². The maximum atomic E-state index is 12.0. The number of amides is 1. The second kappa shape index (κ2) is 7.84. The Hall–Kier alpha value is -3.12. The molecule has 0 saturated heterocycles. The molecule has 2 aromatic carbocycles. The number of para-hydroxylation sites is 1. The molecule has 1 atom stereocenters. The Morgan fingerprint density at radius 2 is 1.88 bits per heavy atom. The summed E-state index contributed by atoms with van der Waals surface area (Å²) in [7, 11) is 0. The average Bonchev–Trinajstić information content (AvgIpc) is 3.10. The predicted octanol–water partition coefficient (Wildman–Crippen LogP) is 2.96. The summed E-state index contributed by atoms with van der Waals surface area (Å²) in [5, 5.41) is 12.7. The molecule has 26 heavy (non-hydrogen) atoms. The molecular weight excluding hydrogens is 334 g/mol. The zero-order chi connectivity index (χ0) is 18.5. The van der Waals surface area contributed by atoms with Gasteiger partial charge >= 0.3 is 5.97 Å². The van der Waals surface area contributed by atoms with Crippen LogP contribution < -0.4 is 5.32 Å². The monoisotopic (exact) mass is 353 g/mol. The van der Waals surface area contributed by atoms with Gasteiger partial charge in [-0.2, -0.15) is 0 Å². The van der Waals surface area contributed by atoms with Crippen LogP contribution in [0.15, 0.2) is 59.0 Å².